The van der Waals surface area contributed by atoms with Gasteiger partial charge >= 0.3 is 0 Å². The molecule has 106 valence electrons. The molecule has 5 heteroatoms. The molecule has 1 amide bonds. The minimum Gasteiger partial charge on any atom is -0.396 e. The molecule has 0 aromatic carbocycles. The Kier molecular flexibility index (Phi) is 4.89. The van der Waals surface area contributed by atoms with Gasteiger partial charge in [-0.25, -0.2) is 0 Å². The second kappa shape index (κ2) is 6.02. The first-order valence-corrected chi connectivity index (χ1v) is 6.34. The Labute approximate surface area is 114 Å². The van der Waals surface area contributed by atoms with Crippen molar-refractivity contribution in [1.29, 1.82) is 0 Å². The third kappa shape index (κ3) is 4.21. The number of nitrogens with zero attached hydrogens (tertiary/aromatic N) is 2. The molecule has 1 aromatic rings. The van der Waals surface area contributed by atoms with Crippen molar-refractivity contribution in [2.24, 2.45) is 12.5 Å². The number of rotatable bonds is 5. The number of nitrogens with one attached hydrogen (secondary N) is 1. The fourth-order valence-electron chi connectivity index (χ4n) is 1.63. The summed E-state index contributed by atoms with van der Waals surface area (Å²) in [7, 11) is 1.88. The molecular weight excluding hydrogens is 242 g/mol. The van der Waals surface area contributed by atoms with E-state index in [0.29, 0.717) is 6.54 Å². The van der Waals surface area contributed by atoms with Crippen LogP contribution < -0.4 is 5.32 Å². The van der Waals surface area contributed by atoms with Crippen LogP contribution in [0.2, 0.25) is 0 Å². The molecule has 19 heavy (non-hydrogen) atoms. The largest absolute Gasteiger partial charge is 0.396 e. The van der Waals surface area contributed by atoms with E-state index in [1.54, 1.807) is 10.8 Å². The van der Waals surface area contributed by atoms with E-state index in [4.69, 9.17) is 5.11 Å². The summed E-state index contributed by atoms with van der Waals surface area (Å²) in [5, 5.41) is 16.2. The van der Waals surface area contributed by atoms with E-state index in [2.05, 4.69) is 10.4 Å². The third-order valence-electron chi connectivity index (χ3n) is 3.14. The van der Waals surface area contributed by atoms with Gasteiger partial charge in [0, 0.05) is 42.9 Å². The highest BCUT2D eigenvalue weighted by atomic mass is 16.3. The summed E-state index contributed by atoms with van der Waals surface area (Å²) in [5.41, 5.74) is 2.60. The molecule has 2 N–H and O–H groups in total. The molecule has 0 aliphatic heterocycles. The smallest absolute Gasteiger partial charge is 0.244 e. The van der Waals surface area contributed by atoms with E-state index in [0.717, 1.165) is 17.0 Å². The van der Waals surface area contributed by atoms with Crippen molar-refractivity contribution >= 4 is 12.0 Å². The molecule has 1 heterocycles. The van der Waals surface area contributed by atoms with Gasteiger partial charge in [-0.15, -0.1) is 0 Å². The average Bonchev–Trinajstić information content (AvgIpc) is 2.59. The number of aromatic nitrogens is 2. The van der Waals surface area contributed by atoms with Crippen molar-refractivity contribution in [3.63, 3.8) is 0 Å². The fraction of sp³-hybridized carbons (Fsp3) is 0.571. The molecule has 1 aromatic heterocycles. The number of carbonyl (C=O) groups excluding carboxylic acids is 1. The van der Waals surface area contributed by atoms with E-state index in [9.17, 15) is 4.79 Å². The molecule has 1 rings (SSSR count). The summed E-state index contributed by atoms with van der Waals surface area (Å²) < 4.78 is 1.79. The van der Waals surface area contributed by atoms with Gasteiger partial charge in [-0.3, -0.25) is 9.48 Å². The summed E-state index contributed by atoms with van der Waals surface area (Å²) in [6, 6.07) is 0. The molecule has 0 fully saturated rings. The minimum atomic E-state index is -0.302. The molecule has 0 atom stereocenters. The number of aliphatic hydroxyl groups is 1. The molecule has 5 nitrogen and oxygen atoms in total. The minimum absolute atomic E-state index is 0.0395. The first-order valence-electron chi connectivity index (χ1n) is 6.34. The van der Waals surface area contributed by atoms with E-state index < -0.39 is 0 Å². The zero-order valence-electron chi connectivity index (χ0n) is 12.3. The Morgan fingerprint density at radius 3 is 2.58 bits per heavy atom. The number of amides is 1. The molecule has 0 aliphatic carbocycles. The lowest BCUT2D eigenvalue weighted by Crippen LogP contribution is -2.35. The number of carbonyl (C=O) groups is 1. The second-order valence-electron chi connectivity index (χ2n) is 5.58. The van der Waals surface area contributed by atoms with Crippen LogP contribution >= 0.6 is 0 Å². The summed E-state index contributed by atoms with van der Waals surface area (Å²) >= 11 is 0. The van der Waals surface area contributed by atoms with E-state index >= 15 is 0 Å². The van der Waals surface area contributed by atoms with Gasteiger partial charge in [0.2, 0.25) is 5.91 Å². The van der Waals surface area contributed by atoms with Crippen LogP contribution in [0.3, 0.4) is 0 Å². The number of aryl methyl sites for hydroxylation is 2. The lowest BCUT2D eigenvalue weighted by atomic mass is 9.95. The lowest BCUT2D eigenvalue weighted by molar-refractivity contribution is -0.116. The Morgan fingerprint density at radius 2 is 2.11 bits per heavy atom. The van der Waals surface area contributed by atoms with Crippen molar-refractivity contribution < 1.29 is 9.90 Å². The molecule has 0 unspecified atom stereocenters. The van der Waals surface area contributed by atoms with Crippen LogP contribution in [-0.2, 0) is 11.8 Å². The van der Waals surface area contributed by atoms with Crippen molar-refractivity contribution in [1.82, 2.24) is 15.1 Å². The average molecular weight is 265 g/mol. The molecule has 0 radical (unpaired) electrons. The summed E-state index contributed by atoms with van der Waals surface area (Å²) in [5.74, 6) is -0.163. The van der Waals surface area contributed by atoms with Gasteiger partial charge < -0.3 is 10.4 Å². The van der Waals surface area contributed by atoms with Crippen LogP contribution in [0.15, 0.2) is 6.08 Å². The standard InChI is InChI=1S/C14H23N3O2/c1-10-12(11(2)17(5)16-10)6-7-13(19)15-8-14(3,4)9-18/h6-7,18H,8-9H2,1-5H3,(H,15,19)/b7-6+. The van der Waals surface area contributed by atoms with Crippen molar-refractivity contribution in [3.05, 3.63) is 23.0 Å². The monoisotopic (exact) mass is 265 g/mol. The number of hydrogen-bond acceptors (Lipinski definition) is 3. The molecule has 0 saturated heterocycles. The predicted octanol–water partition coefficient (Wildman–Crippen LogP) is 1.18. The topological polar surface area (TPSA) is 67.2 Å². The molecular formula is C14H23N3O2. The predicted molar refractivity (Wildman–Crippen MR) is 75.6 cm³/mol. The maximum atomic E-state index is 11.7. The molecule has 0 spiro atoms. The van der Waals surface area contributed by atoms with Crippen molar-refractivity contribution in [2.45, 2.75) is 27.7 Å². The highest BCUT2D eigenvalue weighted by Gasteiger charge is 2.16. The maximum Gasteiger partial charge on any atom is 0.244 e. The van der Waals surface area contributed by atoms with Crippen LogP contribution in [0.1, 0.15) is 30.8 Å². The maximum absolute atomic E-state index is 11.7. The third-order valence-corrected chi connectivity index (χ3v) is 3.14. The van der Waals surface area contributed by atoms with Gasteiger partial charge in [-0.2, -0.15) is 5.10 Å². The molecule has 0 bridgehead atoms. The van der Waals surface area contributed by atoms with Gasteiger partial charge in [-0.05, 0) is 19.9 Å². The van der Waals surface area contributed by atoms with E-state index in [1.807, 2.05) is 34.7 Å². The zero-order valence-corrected chi connectivity index (χ0v) is 12.3. The molecule has 0 saturated carbocycles. The normalized spacial score (nSPS) is 12.1. The molecule has 0 aliphatic rings. The van der Waals surface area contributed by atoms with E-state index in [1.165, 1.54) is 6.08 Å². The lowest BCUT2D eigenvalue weighted by Gasteiger charge is -2.21. The first-order chi connectivity index (χ1) is 8.76. The highest BCUT2D eigenvalue weighted by Crippen LogP contribution is 2.14. The van der Waals surface area contributed by atoms with Gasteiger partial charge in [-0.1, -0.05) is 13.8 Å². The fourth-order valence-corrected chi connectivity index (χ4v) is 1.63. The van der Waals surface area contributed by atoms with Crippen LogP contribution in [0.5, 0.6) is 0 Å². The van der Waals surface area contributed by atoms with Gasteiger partial charge in [0.25, 0.3) is 0 Å². The Hall–Kier alpha value is -1.62. The van der Waals surface area contributed by atoms with Crippen LogP contribution in [0.4, 0.5) is 0 Å². The Bertz CT molecular complexity index is 487. The summed E-state index contributed by atoms with van der Waals surface area (Å²) in [6.07, 6.45) is 3.28. The first kappa shape index (κ1) is 15.4. The Balaban J connectivity index is 2.64. The summed E-state index contributed by atoms with van der Waals surface area (Å²) in [4.78, 5) is 11.7. The van der Waals surface area contributed by atoms with Crippen molar-refractivity contribution in [2.75, 3.05) is 13.2 Å². The summed E-state index contributed by atoms with van der Waals surface area (Å²) in [6.45, 7) is 8.15. The number of aliphatic hydroxyl groups excluding tert-OH is 1. The quantitative estimate of drug-likeness (QED) is 0.786. The SMILES string of the molecule is Cc1nn(C)c(C)c1/C=C/C(=O)NCC(C)(C)CO. The van der Waals surface area contributed by atoms with Crippen LogP contribution in [0, 0.1) is 19.3 Å². The zero-order chi connectivity index (χ0) is 14.6. The van der Waals surface area contributed by atoms with Gasteiger partial charge in [0.15, 0.2) is 0 Å². The number of hydrogen-bond donors (Lipinski definition) is 2. The van der Waals surface area contributed by atoms with Gasteiger partial charge in [0.05, 0.1) is 5.69 Å². The van der Waals surface area contributed by atoms with Crippen LogP contribution in [-0.4, -0.2) is 33.9 Å². The Morgan fingerprint density at radius 1 is 1.47 bits per heavy atom. The second-order valence-corrected chi connectivity index (χ2v) is 5.58. The van der Waals surface area contributed by atoms with Crippen molar-refractivity contribution in [3.8, 4) is 0 Å². The van der Waals surface area contributed by atoms with Gasteiger partial charge in [0.1, 0.15) is 0 Å². The highest BCUT2D eigenvalue weighted by molar-refractivity contribution is 5.92. The van der Waals surface area contributed by atoms with E-state index in [-0.39, 0.29) is 17.9 Å². The van der Waals surface area contributed by atoms with Crippen LogP contribution in [0.25, 0.3) is 6.08 Å².